The molecule has 0 unspecified atom stereocenters. The van der Waals surface area contributed by atoms with E-state index in [1.807, 2.05) is 25.1 Å². The van der Waals surface area contributed by atoms with Crippen LogP contribution in [0.2, 0.25) is 5.02 Å². The smallest absolute Gasteiger partial charge is 0.198 e. The Morgan fingerprint density at radius 1 is 1.05 bits per heavy atom. The first kappa shape index (κ1) is 30.6. The Morgan fingerprint density at radius 3 is 2.38 bits per heavy atom. The van der Waals surface area contributed by atoms with Crippen molar-refractivity contribution < 1.29 is 5.11 Å². The number of phenolic OH excluding ortho intramolecular Hbond substituents is 1. The highest BCUT2D eigenvalue weighted by atomic mass is 35.5. The standard InChI is InChI=1S/C30H41ClN6OS/c1-6-14-36(7-2)15-16-37(20(3)4)39-25-11-8-23(9-12-25)34-30(33)35-29-21(5)17-22(18-28(29)32)26-19-24(38)10-13-27(26)31/h8-13,17-20,38H,6-7,14-16,32H2,1-5H3,(H3,33,34,35). The van der Waals surface area contributed by atoms with Crippen LogP contribution in [0.25, 0.3) is 11.1 Å². The summed E-state index contributed by atoms with van der Waals surface area (Å²) in [6.45, 7) is 15.1. The minimum atomic E-state index is 0.137. The maximum atomic E-state index is 9.86. The number of guanidine groups is 1. The zero-order valence-corrected chi connectivity index (χ0v) is 25.1. The Hall–Kier alpha value is -2.91. The second-order valence-electron chi connectivity index (χ2n) is 9.80. The fourth-order valence-electron chi connectivity index (χ4n) is 4.27. The number of phenols is 1. The molecule has 39 heavy (non-hydrogen) atoms. The van der Waals surface area contributed by atoms with Gasteiger partial charge in [-0.25, -0.2) is 9.30 Å². The molecule has 0 aliphatic heterocycles. The van der Waals surface area contributed by atoms with E-state index in [0.29, 0.717) is 28.0 Å². The van der Waals surface area contributed by atoms with Gasteiger partial charge in [0.2, 0.25) is 0 Å². The van der Waals surface area contributed by atoms with E-state index in [4.69, 9.17) is 23.1 Å². The molecule has 9 heteroatoms. The highest BCUT2D eigenvalue weighted by molar-refractivity contribution is 7.97. The van der Waals surface area contributed by atoms with E-state index in [1.165, 1.54) is 11.3 Å². The number of aliphatic imine (C=N–C) groups is 1. The van der Waals surface area contributed by atoms with Crippen molar-refractivity contribution in [2.45, 2.75) is 52.0 Å². The largest absolute Gasteiger partial charge is 0.508 e. The van der Waals surface area contributed by atoms with Crippen LogP contribution in [-0.4, -0.2) is 52.5 Å². The molecule has 3 rings (SSSR count). The maximum Gasteiger partial charge on any atom is 0.198 e. The van der Waals surface area contributed by atoms with E-state index in [9.17, 15) is 5.11 Å². The average molecular weight is 569 g/mol. The molecular weight excluding hydrogens is 528 g/mol. The Kier molecular flexibility index (Phi) is 11.4. The third kappa shape index (κ3) is 8.80. The molecule has 0 saturated heterocycles. The average Bonchev–Trinajstić information content (AvgIpc) is 2.89. The van der Waals surface area contributed by atoms with Gasteiger partial charge in [0.1, 0.15) is 5.75 Å². The lowest BCUT2D eigenvalue weighted by Gasteiger charge is -2.28. The Bertz CT molecular complexity index is 1240. The fraction of sp³-hybridized carbons (Fsp3) is 0.367. The summed E-state index contributed by atoms with van der Waals surface area (Å²) in [6, 6.07) is 17.1. The summed E-state index contributed by atoms with van der Waals surface area (Å²) < 4.78 is 2.43. The zero-order chi connectivity index (χ0) is 28.5. The molecule has 7 nitrogen and oxygen atoms in total. The van der Waals surface area contributed by atoms with E-state index in [-0.39, 0.29) is 11.7 Å². The first-order valence-electron chi connectivity index (χ1n) is 13.4. The van der Waals surface area contributed by atoms with Crippen molar-refractivity contribution in [2.75, 3.05) is 37.2 Å². The van der Waals surface area contributed by atoms with E-state index >= 15 is 0 Å². The summed E-state index contributed by atoms with van der Waals surface area (Å²) in [5.74, 6) is 0.380. The van der Waals surface area contributed by atoms with Gasteiger partial charge >= 0.3 is 0 Å². The van der Waals surface area contributed by atoms with E-state index in [1.54, 1.807) is 36.2 Å². The molecule has 0 fully saturated rings. The zero-order valence-electron chi connectivity index (χ0n) is 23.5. The van der Waals surface area contributed by atoms with Gasteiger partial charge in [-0.2, -0.15) is 0 Å². The maximum absolute atomic E-state index is 9.86. The van der Waals surface area contributed by atoms with E-state index < -0.39 is 0 Å². The number of benzene rings is 3. The molecular formula is C30H41ClN6OS. The second kappa shape index (κ2) is 14.5. The molecule has 0 amide bonds. The van der Waals surface area contributed by atoms with Crippen molar-refractivity contribution in [3.8, 4) is 16.9 Å². The third-order valence-electron chi connectivity index (χ3n) is 6.37. The Balaban J connectivity index is 1.68. The number of likely N-dealkylation sites (N-methyl/N-ethyl adjacent to an activating group) is 1. The molecule has 0 heterocycles. The van der Waals surface area contributed by atoms with Gasteiger partial charge in [0.05, 0.1) is 11.4 Å². The van der Waals surface area contributed by atoms with Gasteiger partial charge in [-0.15, -0.1) is 0 Å². The summed E-state index contributed by atoms with van der Waals surface area (Å²) in [7, 11) is 0. The lowest BCUT2D eigenvalue weighted by molar-refractivity contribution is 0.254. The molecule has 3 aromatic rings. The summed E-state index contributed by atoms with van der Waals surface area (Å²) in [4.78, 5) is 8.21. The molecule has 0 aliphatic rings. The summed E-state index contributed by atoms with van der Waals surface area (Å²) in [5.41, 5.74) is 16.8. The number of hydrogen-bond acceptors (Lipinski definition) is 6. The van der Waals surface area contributed by atoms with Crippen LogP contribution >= 0.6 is 23.5 Å². The van der Waals surface area contributed by atoms with E-state index in [2.05, 4.69) is 59.3 Å². The van der Waals surface area contributed by atoms with Crippen molar-refractivity contribution in [3.63, 3.8) is 0 Å². The van der Waals surface area contributed by atoms with Crippen molar-refractivity contribution in [1.82, 2.24) is 9.21 Å². The molecule has 3 aromatic carbocycles. The first-order valence-corrected chi connectivity index (χ1v) is 14.5. The van der Waals surface area contributed by atoms with Crippen LogP contribution < -0.4 is 16.8 Å². The molecule has 6 N–H and O–H groups in total. The molecule has 0 saturated carbocycles. The predicted octanol–water partition coefficient (Wildman–Crippen LogP) is 7.11. The SMILES string of the molecule is CCCN(CC)CCN(Sc1ccc(NC(N)=Nc2c(C)cc(-c3cc(O)ccc3Cl)cc2N)cc1)C(C)C. The number of rotatable bonds is 12. The van der Waals surface area contributed by atoms with Crippen LogP contribution in [-0.2, 0) is 0 Å². The topological polar surface area (TPSA) is 103 Å². The fourth-order valence-corrected chi connectivity index (χ4v) is 5.41. The lowest BCUT2D eigenvalue weighted by Crippen LogP contribution is -2.35. The van der Waals surface area contributed by atoms with Gasteiger partial charge in [-0.05, 0) is 118 Å². The van der Waals surface area contributed by atoms with Gasteiger partial charge < -0.3 is 26.8 Å². The monoisotopic (exact) mass is 568 g/mol. The first-order chi connectivity index (χ1) is 18.6. The highest BCUT2D eigenvalue weighted by Crippen LogP contribution is 2.37. The van der Waals surface area contributed by atoms with Crippen molar-refractivity contribution in [1.29, 1.82) is 0 Å². The van der Waals surface area contributed by atoms with Crippen LogP contribution in [0.1, 0.15) is 39.7 Å². The quantitative estimate of drug-likeness (QED) is 0.0798. The van der Waals surface area contributed by atoms with Gasteiger partial charge in [-0.3, -0.25) is 0 Å². The van der Waals surface area contributed by atoms with Gasteiger partial charge in [-0.1, -0.05) is 25.4 Å². The van der Waals surface area contributed by atoms with Crippen LogP contribution in [0.5, 0.6) is 5.75 Å². The molecule has 0 aliphatic carbocycles. The van der Waals surface area contributed by atoms with Gasteiger partial charge in [0.25, 0.3) is 0 Å². The van der Waals surface area contributed by atoms with Crippen LogP contribution in [0.4, 0.5) is 17.1 Å². The van der Waals surface area contributed by atoms with Gasteiger partial charge in [0, 0.05) is 40.3 Å². The summed E-state index contributed by atoms with van der Waals surface area (Å²) in [5, 5.41) is 13.6. The number of halogens is 1. The highest BCUT2D eigenvalue weighted by Gasteiger charge is 2.14. The van der Waals surface area contributed by atoms with Crippen LogP contribution in [0.3, 0.4) is 0 Å². The van der Waals surface area contributed by atoms with Crippen LogP contribution in [0.15, 0.2) is 64.5 Å². The molecule has 210 valence electrons. The molecule has 0 spiro atoms. The normalized spacial score (nSPS) is 12.1. The molecule has 0 aromatic heterocycles. The second-order valence-corrected chi connectivity index (χ2v) is 11.3. The number of aromatic hydroxyl groups is 1. The van der Waals surface area contributed by atoms with Crippen molar-refractivity contribution >= 4 is 46.6 Å². The Labute approximate surface area is 242 Å². The van der Waals surface area contributed by atoms with Gasteiger partial charge in [0.15, 0.2) is 5.96 Å². The summed E-state index contributed by atoms with van der Waals surface area (Å²) >= 11 is 8.11. The molecule has 0 radical (unpaired) electrons. The molecule has 0 atom stereocenters. The lowest BCUT2D eigenvalue weighted by atomic mass is 10.0. The van der Waals surface area contributed by atoms with Crippen LogP contribution in [0, 0.1) is 6.92 Å². The summed E-state index contributed by atoms with van der Waals surface area (Å²) in [6.07, 6.45) is 1.18. The van der Waals surface area contributed by atoms with E-state index in [0.717, 1.165) is 43.0 Å². The number of aryl methyl sites for hydroxylation is 1. The van der Waals surface area contributed by atoms with Crippen molar-refractivity contribution in [2.24, 2.45) is 10.7 Å². The number of nitrogens with one attached hydrogen (secondary N) is 1. The van der Waals surface area contributed by atoms with Crippen molar-refractivity contribution in [3.05, 3.63) is 65.2 Å². The molecule has 0 bridgehead atoms. The predicted molar refractivity (Wildman–Crippen MR) is 169 cm³/mol. The number of nitrogens with two attached hydrogens (primary N) is 2. The third-order valence-corrected chi connectivity index (χ3v) is 8.02. The number of anilines is 2. The number of hydrogen-bond donors (Lipinski definition) is 4. The number of nitrogens with zero attached hydrogens (tertiary/aromatic N) is 3. The minimum absolute atomic E-state index is 0.137. The minimum Gasteiger partial charge on any atom is -0.508 e. The number of nitrogen functional groups attached to an aromatic ring is 1. The Morgan fingerprint density at radius 2 is 1.77 bits per heavy atom.